The quantitative estimate of drug-likeness (QED) is 0.107. The molecule has 11 rings (SSSR count). The molecule has 0 unspecified atom stereocenters. The Balaban J connectivity index is 1.24. The molecule has 0 N–H and O–H groups in total. The zero-order chi connectivity index (χ0) is 48.0. The highest BCUT2D eigenvalue weighted by molar-refractivity contribution is 7.19. The minimum atomic E-state index is -2.87. The molecule has 0 aliphatic heterocycles. The van der Waals surface area contributed by atoms with Gasteiger partial charge in [-0.1, -0.05) is 254 Å². The number of fused-ring (bicyclic) bond motifs is 3. The highest BCUT2D eigenvalue weighted by Crippen LogP contribution is 2.41. The number of aromatic nitrogens is 4. The van der Waals surface area contributed by atoms with Gasteiger partial charge in [0.25, 0.3) is 0 Å². The second-order valence-electron chi connectivity index (χ2n) is 20.5. The number of hydrogen-bond acceptors (Lipinski definition) is 3. The molecule has 2 heterocycles. The smallest absolute Gasteiger partial charge is 0.179 e. The van der Waals surface area contributed by atoms with Gasteiger partial charge >= 0.3 is 0 Å². The first-order chi connectivity index (χ1) is 34.0. The van der Waals surface area contributed by atoms with E-state index in [2.05, 4.69) is 240 Å². The van der Waals surface area contributed by atoms with E-state index in [4.69, 9.17) is 15.0 Å². The van der Waals surface area contributed by atoms with E-state index in [1.807, 2.05) is 36.4 Å². The van der Waals surface area contributed by atoms with E-state index >= 15 is 0 Å². The summed E-state index contributed by atoms with van der Waals surface area (Å²) >= 11 is 0. The summed E-state index contributed by atoms with van der Waals surface area (Å²) in [5.41, 5.74) is 10.8. The van der Waals surface area contributed by atoms with Gasteiger partial charge in [0.1, 0.15) is 0 Å². The summed E-state index contributed by atoms with van der Waals surface area (Å²) in [6, 6.07) is 84.3. The van der Waals surface area contributed by atoms with E-state index in [1.165, 1.54) is 42.6 Å². The number of hydrogen-bond donors (Lipinski definition) is 0. The number of rotatable bonds is 9. The van der Waals surface area contributed by atoms with E-state index in [0.717, 1.165) is 44.5 Å². The van der Waals surface area contributed by atoms with Gasteiger partial charge in [-0.2, -0.15) is 0 Å². The molecule has 0 amide bonds. The van der Waals surface area contributed by atoms with Crippen LogP contribution in [0.1, 0.15) is 52.7 Å². The van der Waals surface area contributed by atoms with Gasteiger partial charge in [0.05, 0.1) is 16.7 Å². The minimum absolute atomic E-state index is 0.0715. The average molecular weight is 921 g/mol. The molecule has 0 radical (unpaired) electrons. The molecule has 0 aliphatic carbocycles. The third-order valence-electron chi connectivity index (χ3n) is 13.9. The van der Waals surface area contributed by atoms with Crippen molar-refractivity contribution in [3.63, 3.8) is 0 Å². The molecule has 0 spiro atoms. The fourth-order valence-electron chi connectivity index (χ4n) is 10.2. The Morgan fingerprint density at radius 3 is 1.14 bits per heavy atom. The summed E-state index contributed by atoms with van der Waals surface area (Å²) in [5.74, 6) is 1.88. The molecule has 0 fully saturated rings. The maximum absolute atomic E-state index is 5.26. The van der Waals surface area contributed by atoms with Crippen LogP contribution in [0.25, 0.3) is 72.8 Å². The van der Waals surface area contributed by atoms with Gasteiger partial charge in [0.2, 0.25) is 0 Å². The molecule has 4 nitrogen and oxygen atoms in total. The van der Waals surface area contributed by atoms with Crippen molar-refractivity contribution < 1.29 is 0 Å². The summed E-state index contributed by atoms with van der Waals surface area (Å²) in [5, 5.41) is 7.76. The van der Waals surface area contributed by atoms with Crippen molar-refractivity contribution in [1.82, 2.24) is 19.5 Å². The Hall–Kier alpha value is -7.99. The Labute approximate surface area is 413 Å². The largest absolute Gasteiger partial charge is 0.309 e. The summed E-state index contributed by atoms with van der Waals surface area (Å²) in [6.07, 6.45) is 0. The first-order valence-corrected chi connectivity index (χ1v) is 26.4. The summed E-state index contributed by atoms with van der Waals surface area (Å²) in [6.45, 7) is 13.8. The topological polar surface area (TPSA) is 43.6 Å². The first kappa shape index (κ1) is 44.5. The van der Waals surface area contributed by atoms with Crippen LogP contribution in [0.4, 0.5) is 0 Å². The van der Waals surface area contributed by atoms with E-state index in [0.29, 0.717) is 17.5 Å². The van der Waals surface area contributed by atoms with E-state index in [9.17, 15) is 0 Å². The predicted molar refractivity (Wildman–Crippen MR) is 297 cm³/mol. The summed E-state index contributed by atoms with van der Waals surface area (Å²) in [7, 11) is -2.87. The molecule has 340 valence electrons. The van der Waals surface area contributed by atoms with Gasteiger partial charge in [-0.25, -0.2) is 15.0 Å². The Kier molecular flexibility index (Phi) is 11.3. The molecule has 0 aliphatic rings. The average Bonchev–Trinajstić information content (AvgIpc) is 3.73. The maximum Gasteiger partial charge on any atom is 0.179 e. The van der Waals surface area contributed by atoms with E-state index < -0.39 is 8.07 Å². The number of nitrogens with zero attached hydrogens (tertiary/aromatic N) is 4. The first-order valence-electron chi connectivity index (χ1n) is 24.4. The van der Waals surface area contributed by atoms with Gasteiger partial charge < -0.3 is 4.57 Å². The van der Waals surface area contributed by atoms with E-state index in [-0.39, 0.29) is 10.8 Å². The number of benzene rings is 9. The van der Waals surface area contributed by atoms with Crippen molar-refractivity contribution in [2.24, 2.45) is 0 Å². The van der Waals surface area contributed by atoms with Crippen LogP contribution in [0.2, 0.25) is 0 Å². The lowest BCUT2D eigenvalue weighted by molar-refractivity contribution is 0.591. The molecular formula is C65H56N4Si. The van der Waals surface area contributed by atoms with Crippen LogP contribution in [0.5, 0.6) is 0 Å². The highest BCUT2D eigenvalue weighted by Gasteiger charge is 2.41. The molecule has 11 aromatic rings. The normalized spacial score (nSPS) is 12.1. The van der Waals surface area contributed by atoms with Crippen LogP contribution in [0, 0.1) is 0 Å². The van der Waals surface area contributed by atoms with Crippen molar-refractivity contribution in [3.05, 3.63) is 242 Å². The van der Waals surface area contributed by atoms with Gasteiger partial charge in [-0.05, 0) is 66.5 Å². The zero-order valence-corrected chi connectivity index (χ0v) is 41.7. The van der Waals surface area contributed by atoms with Crippen LogP contribution < -0.4 is 20.7 Å². The predicted octanol–water partition coefficient (Wildman–Crippen LogP) is 13.6. The zero-order valence-electron chi connectivity index (χ0n) is 40.7. The summed E-state index contributed by atoms with van der Waals surface area (Å²) < 4.78 is 2.52. The fourth-order valence-corrected chi connectivity index (χ4v) is 15.0. The van der Waals surface area contributed by atoms with Crippen LogP contribution in [0.3, 0.4) is 0 Å². The lowest BCUT2D eigenvalue weighted by Gasteiger charge is -2.34. The summed E-state index contributed by atoms with van der Waals surface area (Å²) in [4.78, 5) is 15.6. The fraction of sp³-hybridized carbons (Fsp3) is 0.123. The van der Waals surface area contributed by atoms with E-state index in [1.54, 1.807) is 0 Å². The Morgan fingerprint density at radius 1 is 0.329 bits per heavy atom. The molecule has 9 aromatic carbocycles. The molecular weight excluding hydrogens is 865 g/mol. The second-order valence-corrected chi connectivity index (χ2v) is 24.3. The second kappa shape index (κ2) is 17.8. The molecule has 0 atom stereocenters. The lowest BCUT2D eigenvalue weighted by Crippen LogP contribution is -2.74. The molecule has 2 aromatic heterocycles. The lowest BCUT2D eigenvalue weighted by atomic mass is 9.86. The van der Waals surface area contributed by atoms with Crippen LogP contribution in [-0.2, 0) is 10.8 Å². The third-order valence-corrected chi connectivity index (χ3v) is 18.7. The third kappa shape index (κ3) is 8.06. The maximum atomic E-state index is 5.26. The SMILES string of the molecule is CC(C)(C)c1ccc2c3ccc(C(C)(C)C)cc3n(-c3cc(-c4nc(-c5ccccc5)nc(-c5ccccc5)n4)ccc3-c3cccc([Si](c4ccccc4)(c4ccccc4)c4ccccc4)c3)c2c1. The van der Waals surface area contributed by atoms with Crippen LogP contribution in [0.15, 0.2) is 231 Å². The van der Waals surface area contributed by atoms with Crippen molar-refractivity contribution >= 4 is 50.6 Å². The molecule has 0 saturated heterocycles. The van der Waals surface area contributed by atoms with Crippen LogP contribution >= 0.6 is 0 Å². The van der Waals surface area contributed by atoms with Gasteiger partial charge in [0, 0.05) is 33.0 Å². The van der Waals surface area contributed by atoms with Crippen molar-refractivity contribution in [2.45, 2.75) is 52.4 Å². The Bertz CT molecular complexity index is 3420. The molecule has 0 saturated carbocycles. The van der Waals surface area contributed by atoms with Crippen molar-refractivity contribution in [2.75, 3.05) is 0 Å². The van der Waals surface area contributed by atoms with Crippen LogP contribution in [-0.4, -0.2) is 27.6 Å². The molecule has 5 heteroatoms. The van der Waals surface area contributed by atoms with Gasteiger partial charge in [-0.15, -0.1) is 0 Å². The van der Waals surface area contributed by atoms with Gasteiger partial charge in [-0.3, -0.25) is 0 Å². The molecule has 70 heavy (non-hydrogen) atoms. The Morgan fingerprint density at radius 2 is 0.714 bits per heavy atom. The monoisotopic (exact) mass is 920 g/mol. The standard InChI is InChI=1S/C65H56N4Si/c1-64(2,3)49-36-39-56-57-40-37-50(65(4,5)6)44-60(57)69(59(56)43-49)58-42-48(63-67-61(45-23-12-7-13-24-45)66-62(68-63)46-25-14-8-15-26-46)35-38-55(58)47-27-22-34-54(41-47)70(51-28-16-9-17-29-51,52-30-18-10-19-31-52)53-32-20-11-21-33-53/h7-44H,1-6H3. The highest BCUT2D eigenvalue weighted by atomic mass is 28.3. The minimum Gasteiger partial charge on any atom is -0.309 e. The van der Waals surface area contributed by atoms with Crippen molar-refractivity contribution in [3.8, 4) is 51.0 Å². The van der Waals surface area contributed by atoms with Crippen molar-refractivity contribution in [1.29, 1.82) is 0 Å². The van der Waals surface area contributed by atoms with Gasteiger partial charge in [0.15, 0.2) is 25.5 Å². The molecule has 0 bridgehead atoms.